The molecular formula is C18H19NO4. The van der Waals surface area contributed by atoms with Gasteiger partial charge in [0.1, 0.15) is 12.4 Å². The van der Waals surface area contributed by atoms with Crippen LogP contribution in [-0.2, 0) is 9.53 Å². The van der Waals surface area contributed by atoms with E-state index in [4.69, 9.17) is 9.47 Å². The van der Waals surface area contributed by atoms with E-state index in [0.717, 1.165) is 10.3 Å². The van der Waals surface area contributed by atoms with Gasteiger partial charge in [-0.25, -0.2) is 4.74 Å². The van der Waals surface area contributed by atoms with Crippen molar-refractivity contribution in [1.82, 2.24) is 0 Å². The Morgan fingerprint density at radius 1 is 1.13 bits per heavy atom. The number of benzene rings is 2. The monoisotopic (exact) mass is 313 g/mol. The van der Waals surface area contributed by atoms with Crippen LogP contribution in [0, 0.1) is 5.21 Å². The summed E-state index contributed by atoms with van der Waals surface area (Å²) in [6, 6.07) is 18.4. The number of esters is 1. The molecule has 5 heteroatoms. The third kappa shape index (κ3) is 6.22. The fraction of sp³-hybridized carbons (Fsp3) is 0.222. The first-order chi connectivity index (χ1) is 11.1. The summed E-state index contributed by atoms with van der Waals surface area (Å²) in [6.45, 7) is 1.43. The van der Waals surface area contributed by atoms with Crippen LogP contribution >= 0.6 is 0 Å². The first-order valence-corrected chi connectivity index (χ1v) is 7.32. The van der Waals surface area contributed by atoms with Crippen molar-refractivity contribution in [2.75, 3.05) is 13.2 Å². The van der Waals surface area contributed by atoms with E-state index in [9.17, 15) is 10.0 Å². The third-order valence-electron chi connectivity index (χ3n) is 2.99. The second kappa shape index (κ2) is 8.58. The Hall–Kier alpha value is -2.82. The molecule has 0 aliphatic heterocycles. The van der Waals surface area contributed by atoms with Gasteiger partial charge in [0.2, 0.25) is 0 Å². The Labute approximate surface area is 135 Å². The summed E-state index contributed by atoms with van der Waals surface area (Å²) in [5.74, 6) is 0.217. The zero-order chi connectivity index (χ0) is 16.5. The van der Waals surface area contributed by atoms with Gasteiger partial charge in [-0.2, -0.15) is 0 Å². The highest BCUT2D eigenvalue weighted by Crippen LogP contribution is 2.09. The Kier molecular flexibility index (Phi) is 6.17. The zero-order valence-electron chi connectivity index (χ0n) is 12.9. The number of carbonyl (C=O) groups is 1. The number of rotatable bonds is 7. The highest BCUT2D eigenvalue weighted by atomic mass is 16.6. The molecule has 0 unspecified atom stereocenters. The van der Waals surface area contributed by atoms with Crippen LogP contribution in [0.5, 0.6) is 5.75 Å². The minimum Gasteiger partial charge on any atom is -0.624 e. The Morgan fingerprint density at radius 2 is 1.74 bits per heavy atom. The van der Waals surface area contributed by atoms with Gasteiger partial charge < -0.3 is 14.7 Å². The van der Waals surface area contributed by atoms with Gasteiger partial charge in [0.15, 0.2) is 18.9 Å². The minimum atomic E-state index is -0.648. The van der Waals surface area contributed by atoms with Crippen molar-refractivity contribution in [2.45, 2.75) is 13.0 Å². The molecule has 23 heavy (non-hydrogen) atoms. The third-order valence-corrected chi connectivity index (χ3v) is 2.99. The summed E-state index contributed by atoms with van der Waals surface area (Å²) < 4.78 is 11.5. The van der Waals surface area contributed by atoms with Crippen molar-refractivity contribution in [3.05, 3.63) is 71.4 Å². The molecule has 1 atom stereocenters. The van der Waals surface area contributed by atoms with Gasteiger partial charge in [-0.3, -0.25) is 4.79 Å². The molecule has 0 aliphatic rings. The normalized spacial score (nSPS) is 12.5. The molecule has 2 rings (SSSR count). The molecular weight excluding hydrogens is 294 g/mol. The van der Waals surface area contributed by atoms with Crippen LogP contribution < -0.4 is 4.74 Å². The Morgan fingerprint density at radius 3 is 2.35 bits per heavy atom. The maximum Gasteiger partial charge on any atom is 0.303 e. The van der Waals surface area contributed by atoms with Gasteiger partial charge in [0.25, 0.3) is 0 Å². The van der Waals surface area contributed by atoms with E-state index >= 15 is 0 Å². The molecule has 0 radical (unpaired) electrons. The molecule has 0 N–H and O–H groups in total. The van der Waals surface area contributed by atoms with Gasteiger partial charge in [-0.15, -0.1) is 0 Å². The van der Waals surface area contributed by atoms with Crippen molar-refractivity contribution in [2.24, 2.45) is 0 Å². The molecule has 0 heterocycles. The summed E-state index contributed by atoms with van der Waals surface area (Å²) in [5, 5.41) is 12.0. The molecule has 0 aliphatic carbocycles. The average Bonchev–Trinajstić information content (AvgIpc) is 2.54. The van der Waals surface area contributed by atoms with E-state index in [1.54, 1.807) is 12.1 Å². The van der Waals surface area contributed by atoms with Crippen LogP contribution in [-0.4, -0.2) is 36.2 Å². The van der Waals surface area contributed by atoms with Crippen LogP contribution in [0.1, 0.15) is 12.5 Å². The maximum atomic E-state index is 12.0. The topological polar surface area (TPSA) is 61.6 Å². The zero-order valence-corrected chi connectivity index (χ0v) is 12.9. The SMILES string of the molecule is CC(=O)O[C@@H](COc1ccccc1)C/[N+]([O-])=C/c1ccccc1. The molecule has 0 saturated carbocycles. The van der Waals surface area contributed by atoms with Crippen molar-refractivity contribution in [1.29, 1.82) is 0 Å². The molecule has 2 aromatic carbocycles. The lowest BCUT2D eigenvalue weighted by atomic mass is 10.2. The van der Waals surface area contributed by atoms with Crippen molar-refractivity contribution >= 4 is 12.2 Å². The lowest BCUT2D eigenvalue weighted by molar-refractivity contribution is -0.464. The number of para-hydroxylation sites is 1. The summed E-state index contributed by atoms with van der Waals surface area (Å²) in [7, 11) is 0. The highest BCUT2D eigenvalue weighted by Gasteiger charge is 2.17. The van der Waals surface area contributed by atoms with Crippen LogP contribution in [0.4, 0.5) is 0 Å². The fourth-order valence-corrected chi connectivity index (χ4v) is 2.02. The van der Waals surface area contributed by atoms with Crippen LogP contribution in [0.25, 0.3) is 0 Å². The lowest BCUT2D eigenvalue weighted by Gasteiger charge is -2.17. The van der Waals surface area contributed by atoms with E-state index < -0.39 is 12.1 Å². The largest absolute Gasteiger partial charge is 0.624 e. The van der Waals surface area contributed by atoms with E-state index in [-0.39, 0.29) is 13.2 Å². The first kappa shape index (κ1) is 16.5. The molecule has 0 aromatic heterocycles. The number of hydroxylamine groups is 1. The fourth-order valence-electron chi connectivity index (χ4n) is 2.02. The molecule has 0 amide bonds. The van der Waals surface area contributed by atoms with E-state index in [1.807, 2.05) is 48.5 Å². The standard InChI is InChI=1S/C18H19NO4/c1-15(20)23-18(14-22-17-10-6-3-7-11-17)13-19(21)12-16-8-4-2-5-9-16/h2-12,18H,13-14H2,1H3/b19-12-/t18-/m1/s1. The highest BCUT2D eigenvalue weighted by molar-refractivity contribution is 5.75. The Balaban J connectivity index is 1.97. The molecule has 0 bridgehead atoms. The number of carbonyl (C=O) groups excluding carboxylic acids is 1. The minimum absolute atomic E-state index is 0.00130. The van der Waals surface area contributed by atoms with Crippen LogP contribution in [0.15, 0.2) is 60.7 Å². The summed E-state index contributed by atoms with van der Waals surface area (Å²) >= 11 is 0. The van der Waals surface area contributed by atoms with E-state index in [2.05, 4.69) is 0 Å². The van der Waals surface area contributed by atoms with Gasteiger partial charge >= 0.3 is 5.97 Å². The molecule has 5 nitrogen and oxygen atoms in total. The van der Waals surface area contributed by atoms with Gasteiger partial charge in [0.05, 0.1) is 0 Å². The van der Waals surface area contributed by atoms with Gasteiger partial charge in [-0.05, 0) is 24.3 Å². The first-order valence-electron chi connectivity index (χ1n) is 7.32. The molecule has 120 valence electrons. The van der Waals surface area contributed by atoms with E-state index in [1.165, 1.54) is 13.1 Å². The van der Waals surface area contributed by atoms with Crippen molar-refractivity contribution in [3.8, 4) is 5.75 Å². The lowest BCUT2D eigenvalue weighted by Crippen LogP contribution is -2.32. The van der Waals surface area contributed by atoms with Crippen LogP contribution in [0.3, 0.4) is 0 Å². The predicted octanol–water partition coefficient (Wildman–Crippen LogP) is 2.63. The number of hydrogen-bond donors (Lipinski definition) is 0. The average molecular weight is 313 g/mol. The summed E-state index contributed by atoms with van der Waals surface area (Å²) in [6.07, 6.45) is 0.809. The van der Waals surface area contributed by atoms with Gasteiger partial charge in [-0.1, -0.05) is 36.4 Å². The smallest absolute Gasteiger partial charge is 0.303 e. The molecule has 0 spiro atoms. The number of nitrogens with zero attached hydrogens (tertiary/aromatic N) is 1. The maximum absolute atomic E-state index is 12.0. The van der Waals surface area contributed by atoms with Crippen molar-refractivity contribution < 1.29 is 19.0 Å². The molecule has 2 aromatic rings. The molecule has 0 saturated heterocycles. The van der Waals surface area contributed by atoms with Crippen molar-refractivity contribution in [3.63, 3.8) is 0 Å². The van der Waals surface area contributed by atoms with Gasteiger partial charge in [0, 0.05) is 12.5 Å². The Bertz CT molecular complexity index is 641. The second-order valence-electron chi connectivity index (χ2n) is 4.99. The second-order valence-corrected chi connectivity index (χ2v) is 4.99. The van der Waals surface area contributed by atoms with Crippen LogP contribution in [0.2, 0.25) is 0 Å². The molecule has 0 fully saturated rings. The number of ether oxygens (including phenoxy) is 2. The summed E-state index contributed by atoms with van der Waals surface area (Å²) in [5.41, 5.74) is 0.785. The van der Waals surface area contributed by atoms with E-state index in [0.29, 0.717) is 5.75 Å². The summed E-state index contributed by atoms with van der Waals surface area (Å²) in [4.78, 5) is 11.2. The predicted molar refractivity (Wildman–Crippen MR) is 87.6 cm³/mol. The quantitative estimate of drug-likeness (QED) is 0.259. The number of hydrogen-bond acceptors (Lipinski definition) is 4.